The molecule has 0 aliphatic rings. The Morgan fingerprint density at radius 2 is 1.76 bits per heavy atom. The first-order valence-electron chi connectivity index (χ1n) is 8.00. The SMILES string of the molecule is CCOc1ccc(Nc2nc(C)cc(Nc3cccc(Cl)c3)n2)cc1. The molecule has 0 aliphatic heterocycles. The van der Waals surface area contributed by atoms with Crippen LogP contribution in [0.4, 0.5) is 23.1 Å². The quantitative estimate of drug-likeness (QED) is 0.627. The second-order valence-electron chi connectivity index (χ2n) is 5.44. The van der Waals surface area contributed by atoms with Crippen molar-refractivity contribution in [3.63, 3.8) is 0 Å². The summed E-state index contributed by atoms with van der Waals surface area (Å²) in [7, 11) is 0. The highest BCUT2D eigenvalue weighted by atomic mass is 35.5. The molecule has 0 bridgehead atoms. The van der Waals surface area contributed by atoms with Gasteiger partial charge in [-0.25, -0.2) is 4.98 Å². The fraction of sp³-hybridized carbons (Fsp3) is 0.158. The maximum Gasteiger partial charge on any atom is 0.229 e. The average Bonchev–Trinajstić information content (AvgIpc) is 2.56. The summed E-state index contributed by atoms with van der Waals surface area (Å²) in [4.78, 5) is 8.93. The predicted molar refractivity (Wildman–Crippen MR) is 102 cm³/mol. The number of ether oxygens (including phenoxy) is 1. The van der Waals surface area contributed by atoms with Gasteiger partial charge in [0.1, 0.15) is 11.6 Å². The number of halogens is 1. The van der Waals surface area contributed by atoms with E-state index in [1.807, 2.05) is 68.4 Å². The van der Waals surface area contributed by atoms with Crippen LogP contribution in [0.5, 0.6) is 5.75 Å². The highest BCUT2D eigenvalue weighted by Gasteiger charge is 2.04. The Labute approximate surface area is 152 Å². The molecule has 3 aromatic rings. The van der Waals surface area contributed by atoms with Crippen LogP contribution in [0.1, 0.15) is 12.6 Å². The molecular formula is C19H19ClN4O. The van der Waals surface area contributed by atoms with Gasteiger partial charge in [-0.05, 0) is 56.3 Å². The number of aromatic nitrogens is 2. The first-order chi connectivity index (χ1) is 12.1. The maximum atomic E-state index is 6.02. The summed E-state index contributed by atoms with van der Waals surface area (Å²) in [5.41, 5.74) is 2.62. The molecule has 1 aromatic heterocycles. The average molecular weight is 355 g/mol. The first kappa shape index (κ1) is 17.0. The van der Waals surface area contributed by atoms with Crippen molar-refractivity contribution >= 4 is 34.7 Å². The monoisotopic (exact) mass is 354 g/mol. The van der Waals surface area contributed by atoms with E-state index in [0.29, 0.717) is 23.4 Å². The molecule has 0 spiro atoms. The van der Waals surface area contributed by atoms with Crippen molar-refractivity contribution in [2.75, 3.05) is 17.2 Å². The van der Waals surface area contributed by atoms with Crippen molar-refractivity contribution in [1.29, 1.82) is 0 Å². The lowest BCUT2D eigenvalue weighted by atomic mass is 10.3. The molecule has 0 fully saturated rings. The van der Waals surface area contributed by atoms with E-state index in [1.54, 1.807) is 0 Å². The van der Waals surface area contributed by atoms with Crippen LogP contribution in [-0.2, 0) is 0 Å². The number of rotatable bonds is 6. The van der Waals surface area contributed by atoms with Crippen LogP contribution in [0.3, 0.4) is 0 Å². The van der Waals surface area contributed by atoms with Gasteiger partial charge in [0.2, 0.25) is 5.95 Å². The molecule has 25 heavy (non-hydrogen) atoms. The number of hydrogen-bond donors (Lipinski definition) is 2. The Morgan fingerprint density at radius 3 is 2.48 bits per heavy atom. The lowest BCUT2D eigenvalue weighted by molar-refractivity contribution is 0.340. The molecular weight excluding hydrogens is 336 g/mol. The van der Waals surface area contributed by atoms with Gasteiger partial charge >= 0.3 is 0 Å². The van der Waals surface area contributed by atoms with Crippen molar-refractivity contribution in [1.82, 2.24) is 9.97 Å². The lowest BCUT2D eigenvalue weighted by Crippen LogP contribution is -2.02. The number of benzene rings is 2. The van der Waals surface area contributed by atoms with Crippen molar-refractivity contribution in [3.8, 4) is 5.75 Å². The first-order valence-corrected chi connectivity index (χ1v) is 8.38. The molecule has 2 aromatic carbocycles. The Morgan fingerprint density at radius 1 is 0.960 bits per heavy atom. The second kappa shape index (κ2) is 7.85. The molecule has 128 valence electrons. The van der Waals surface area contributed by atoms with E-state index in [0.717, 1.165) is 22.8 Å². The fourth-order valence-electron chi connectivity index (χ4n) is 2.33. The maximum absolute atomic E-state index is 6.02. The van der Waals surface area contributed by atoms with Gasteiger partial charge in [-0.1, -0.05) is 17.7 Å². The predicted octanol–water partition coefficient (Wildman–Crippen LogP) is 5.32. The molecule has 0 atom stereocenters. The van der Waals surface area contributed by atoms with Crippen molar-refractivity contribution in [2.24, 2.45) is 0 Å². The Hall–Kier alpha value is -2.79. The van der Waals surface area contributed by atoms with Crippen LogP contribution in [0.25, 0.3) is 0 Å². The van der Waals surface area contributed by atoms with Crippen LogP contribution in [-0.4, -0.2) is 16.6 Å². The molecule has 0 unspecified atom stereocenters. The fourth-order valence-corrected chi connectivity index (χ4v) is 2.52. The number of nitrogens with one attached hydrogen (secondary N) is 2. The molecule has 0 saturated heterocycles. The molecule has 0 saturated carbocycles. The van der Waals surface area contributed by atoms with Crippen LogP contribution >= 0.6 is 11.6 Å². The summed E-state index contributed by atoms with van der Waals surface area (Å²) in [5, 5.41) is 7.12. The Balaban J connectivity index is 1.77. The standard InChI is InChI=1S/C19H19ClN4O/c1-3-25-17-9-7-15(8-10-17)23-19-21-13(2)11-18(24-19)22-16-6-4-5-14(20)12-16/h4-12H,3H2,1-2H3,(H2,21,22,23,24). The molecule has 5 nitrogen and oxygen atoms in total. The topological polar surface area (TPSA) is 59.1 Å². The van der Waals surface area contributed by atoms with Crippen LogP contribution in [0, 0.1) is 6.92 Å². The number of aryl methyl sites for hydroxylation is 1. The minimum atomic E-state index is 0.522. The second-order valence-corrected chi connectivity index (χ2v) is 5.87. The van der Waals surface area contributed by atoms with E-state index >= 15 is 0 Å². The normalized spacial score (nSPS) is 10.4. The third-order valence-corrected chi connectivity index (χ3v) is 3.61. The van der Waals surface area contributed by atoms with Gasteiger partial charge in [0.25, 0.3) is 0 Å². The lowest BCUT2D eigenvalue weighted by Gasteiger charge is -2.11. The molecule has 0 amide bonds. The smallest absolute Gasteiger partial charge is 0.229 e. The number of nitrogens with zero attached hydrogens (tertiary/aromatic N) is 2. The molecule has 0 radical (unpaired) electrons. The zero-order valence-corrected chi connectivity index (χ0v) is 14.8. The van der Waals surface area contributed by atoms with Crippen LogP contribution in [0.2, 0.25) is 5.02 Å². The van der Waals surface area contributed by atoms with Crippen molar-refractivity contribution in [2.45, 2.75) is 13.8 Å². The van der Waals surface area contributed by atoms with E-state index in [9.17, 15) is 0 Å². The minimum Gasteiger partial charge on any atom is -0.494 e. The van der Waals surface area contributed by atoms with Gasteiger partial charge in [0.15, 0.2) is 0 Å². The van der Waals surface area contributed by atoms with Gasteiger partial charge < -0.3 is 15.4 Å². The zero-order valence-electron chi connectivity index (χ0n) is 14.1. The zero-order chi connectivity index (χ0) is 17.6. The Bertz CT molecular complexity index is 852. The van der Waals surface area contributed by atoms with E-state index in [2.05, 4.69) is 20.6 Å². The van der Waals surface area contributed by atoms with E-state index in [1.165, 1.54) is 0 Å². The van der Waals surface area contributed by atoms with Crippen LogP contribution < -0.4 is 15.4 Å². The van der Waals surface area contributed by atoms with Gasteiger partial charge in [0, 0.05) is 28.2 Å². The third-order valence-electron chi connectivity index (χ3n) is 3.37. The summed E-state index contributed by atoms with van der Waals surface area (Å²) in [6.45, 7) is 4.53. The highest BCUT2D eigenvalue weighted by Crippen LogP contribution is 2.22. The molecule has 0 aliphatic carbocycles. The largest absolute Gasteiger partial charge is 0.494 e. The van der Waals surface area contributed by atoms with Crippen molar-refractivity contribution < 1.29 is 4.74 Å². The van der Waals surface area contributed by atoms with Gasteiger partial charge in [-0.3, -0.25) is 0 Å². The van der Waals surface area contributed by atoms with Gasteiger partial charge in [-0.2, -0.15) is 4.98 Å². The molecule has 3 rings (SSSR count). The van der Waals surface area contributed by atoms with E-state index in [4.69, 9.17) is 16.3 Å². The van der Waals surface area contributed by atoms with E-state index in [-0.39, 0.29) is 0 Å². The summed E-state index contributed by atoms with van der Waals surface area (Å²) in [6.07, 6.45) is 0. The van der Waals surface area contributed by atoms with Gasteiger partial charge in [0.05, 0.1) is 6.61 Å². The third kappa shape index (κ3) is 4.84. The van der Waals surface area contributed by atoms with E-state index < -0.39 is 0 Å². The summed E-state index contributed by atoms with van der Waals surface area (Å²) >= 11 is 6.02. The molecule has 6 heteroatoms. The minimum absolute atomic E-state index is 0.522. The van der Waals surface area contributed by atoms with Crippen molar-refractivity contribution in [3.05, 3.63) is 65.3 Å². The number of anilines is 4. The Kier molecular flexibility index (Phi) is 5.36. The summed E-state index contributed by atoms with van der Waals surface area (Å²) in [5.74, 6) is 2.05. The highest BCUT2D eigenvalue weighted by molar-refractivity contribution is 6.30. The van der Waals surface area contributed by atoms with Gasteiger partial charge in [-0.15, -0.1) is 0 Å². The van der Waals surface area contributed by atoms with Crippen LogP contribution in [0.15, 0.2) is 54.6 Å². The summed E-state index contributed by atoms with van der Waals surface area (Å²) in [6, 6.07) is 17.1. The molecule has 1 heterocycles. The number of hydrogen-bond acceptors (Lipinski definition) is 5. The summed E-state index contributed by atoms with van der Waals surface area (Å²) < 4.78 is 5.45. The molecule has 2 N–H and O–H groups in total.